The third-order valence-electron chi connectivity index (χ3n) is 4.25. The van der Waals surface area contributed by atoms with Crippen molar-refractivity contribution in [2.75, 3.05) is 33.3 Å². The van der Waals surface area contributed by atoms with E-state index in [9.17, 15) is 9.59 Å². The Labute approximate surface area is 99.8 Å². The monoisotopic (exact) mass is 239 g/mol. The Hall–Kier alpha value is -1.30. The molecule has 3 saturated heterocycles. The number of hydrogen-bond acceptors (Lipinski definition) is 3. The van der Waals surface area contributed by atoms with Crippen LogP contribution in [0.15, 0.2) is 0 Å². The van der Waals surface area contributed by atoms with Gasteiger partial charge in [-0.15, -0.1) is 0 Å². The molecule has 17 heavy (non-hydrogen) atoms. The summed E-state index contributed by atoms with van der Waals surface area (Å²) in [5.41, 5.74) is 0. The fourth-order valence-corrected chi connectivity index (χ4v) is 3.38. The molecule has 0 aromatic heterocycles. The van der Waals surface area contributed by atoms with Crippen LogP contribution in [0.5, 0.6) is 0 Å². The number of carbonyl (C=O) groups excluding carboxylic acids is 2. The van der Waals surface area contributed by atoms with Gasteiger partial charge >= 0.3 is 6.03 Å². The minimum Gasteiger partial charge on any atom is -0.395 e. The van der Waals surface area contributed by atoms with E-state index >= 15 is 0 Å². The molecule has 1 N–H and O–H groups in total. The van der Waals surface area contributed by atoms with E-state index < -0.39 is 0 Å². The number of likely N-dealkylation sites (tertiary alicyclic amines) is 1. The SMILES string of the molecule is CN1C(=O)N2C[C@H]1C[C@H]1CN(CCO)C(=O)[C@H]12. The molecule has 94 valence electrons. The van der Waals surface area contributed by atoms with Gasteiger partial charge in [-0.3, -0.25) is 4.79 Å². The minimum absolute atomic E-state index is 0.00569. The molecule has 6 nitrogen and oxygen atoms in total. The summed E-state index contributed by atoms with van der Waals surface area (Å²) >= 11 is 0. The fraction of sp³-hybridized carbons (Fsp3) is 0.818. The molecule has 0 saturated carbocycles. The van der Waals surface area contributed by atoms with E-state index in [1.807, 2.05) is 7.05 Å². The number of urea groups is 1. The van der Waals surface area contributed by atoms with Crippen molar-refractivity contribution in [3.05, 3.63) is 0 Å². The van der Waals surface area contributed by atoms with Gasteiger partial charge in [0, 0.05) is 32.6 Å². The van der Waals surface area contributed by atoms with Crippen molar-refractivity contribution in [2.24, 2.45) is 5.92 Å². The Morgan fingerprint density at radius 2 is 2.12 bits per heavy atom. The first-order valence-corrected chi connectivity index (χ1v) is 6.06. The molecule has 0 unspecified atom stereocenters. The van der Waals surface area contributed by atoms with Gasteiger partial charge in [-0.1, -0.05) is 0 Å². The van der Waals surface area contributed by atoms with Crippen LogP contribution in [0.3, 0.4) is 0 Å². The molecular weight excluding hydrogens is 222 g/mol. The van der Waals surface area contributed by atoms with E-state index in [0.29, 0.717) is 19.6 Å². The number of carbonyl (C=O) groups is 2. The van der Waals surface area contributed by atoms with Gasteiger partial charge in [0.05, 0.1) is 12.6 Å². The minimum atomic E-state index is -0.282. The molecule has 3 fully saturated rings. The van der Waals surface area contributed by atoms with E-state index in [1.165, 1.54) is 0 Å². The summed E-state index contributed by atoms with van der Waals surface area (Å²) in [4.78, 5) is 29.3. The van der Waals surface area contributed by atoms with E-state index in [-0.39, 0.29) is 36.5 Å². The largest absolute Gasteiger partial charge is 0.395 e. The van der Waals surface area contributed by atoms with E-state index in [4.69, 9.17) is 5.11 Å². The average molecular weight is 239 g/mol. The number of nitrogens with zero attached hydrogens (tertiary/aromatic N) is 3. The highest BCUT2D eigenvalue weighted by atomic mass is 16.3. The second-order valence-corrected chi connectivity index (χ2v) is 5.15. The maximum absolute atomic E-state index is 12.2. The first-order chi connectivity index (χ1) is 8.13. The molecule has 6 heteroatoms. The predicted molar refractivity (Wildman–Crippen MR) is 59.2 cm³/mol. The summed E-state index contributed by atoms with van der Waals surface area (Å²) in [6, 6.07) is -0.0532. The summed E-state index contributed by atoms with van der Waals surface area (Å²) in [5.74, 6) is 0.243. The van der Waals surface area contributed by atoms with Gasteiger partial charge in [0.1, 0.15) is 6.04 Å². The Bertz CT molecular complexity index is 373. The van der Waals surface area contributed by atoms with Crippen LogP contribution in [0.1, 0.15) is 6.42 Å². The summed E-state index contributed by atoms with van der Waals surface area (Å²) < 4.78 is 0. The van der Waals surface area contributed by atoms with Crippen LogP contribution in [0.4, 0.5) is 4.79 Å². The number of likely N-dealkylation sites (N-methyl/N-ethyl adjacent to an activating group) is 1. The van der Waals surface area contributed by atoms with Gasteiger partial charge < -0.3 is 19.8 Å². The lowest BCUT2D eigenvalue weighted by atomic mass is 9.90. The van der Waals surface area contributed by atoms with Gasteiger partial charge in [0.15, 0.2) is 0 Å². The fourth-order valence-electron chi connectivity index (χ4n) is 3.38. The summed E-state index contributed by atoms with van der Waals surface area (Å²) in [7, 11) is 1.81. The van der Waals surface area contributed by atoms with Crippen molar-refractivity contribution in [3.63, 3.8) is 0 Å². The van der Waals surface area contributed by atoms with E-state index in [1.54, 1.807) is 14.7 Å². The number of aliphatic hydroxyl groups excluding tert-OH is 1. The molecule has 3 aliphatic rings. The Morgan fingerprint density at radius 1 is 1.35 bits per heavy atom. The summed E-state index contributed by atoms with van der Waals surface area (Å²) in [6.45, 7) is 1.73. The van der Waals surface area contributed by atoms with Crippen molar-refractivity contribution in [2.45, 2.75) is 18.5 Å². The quantitative estimate of drug-likeness (QED) is 0.668. The predicted octanol–water partition coefficient (Wildman–Crippen LogP) is -1.05. The third kappa shape index (κ3) is 1.36. The standard InChI is InChI=1S/C11H17N3O3/c1-12-8-4-7-5-13(2-3-15)10(16)9(7)14(6-8)11(12)17/h7-9,15H,2-6H2,1H3/t7-,8+,9-/m0/s1. The van der Waals surface area contributed by atoms with Gasteiger partial charge in [-0.2, -0.15) is 0 Å². The molecule has 0 aromatic rings. The highest BCUT2D eigenvalue weighted by Crippen LogP contribution is 2.37. The van der Waals surface area contributed by atoms with Crippen LogP contribution < -0.4 is 0 Å². The highest BCUT2D eigenvalue weighted by Gasteiger charge is 2.54. The van der Waals surface area contributed by atoms with E-state index in [0.717, 1.165) is 6.42 Å². The number of hydrogen-bond donors (Lipinski definition) is 1. The summed E-state index contributed by atoms with van der Waals surface area (Å²) in [5, 5.41) is 8.92. The van der Waals surface area contributed by atoms with E-state index in [2.05, 4.69) is 0 Å². The third-order valence-corrected chi connectivity index (χ3v) is 4.25. The lowest BCUT2D eigenvalue weighted by Gasteiger charge is -2.30. The maximum atomic E-state index is 12.2. The zero-order valence-electron chi connectivity index (χ0n) is 9.87. The van der Waals surface area contributed by atoms with Crippen LogP contribution in [0, 0.1) is 5.92 Å². The van der Waals surface area contributed by atoms with Crippen molar-refractivity contribution >= 4 is 11.9 Å². The average Bonchev–Trinajstić information content (AvgIpc) is 2.73. The molecule has 2 bridgehead atoms. The topological polar surface area (TPSA) is 64.1 Å². The molecule has 0 aromatic carbocycles. The van der Waals surface area contributed by atoms with Crippen LogP contribution in [-0.2, 0) is 4.79 Å². The Kier molecular flexibility index (Phi) is 2.29. The van der Waals surface area contributed by atoms with Crippen molar-refractivity contribution in [1.29, 1.82) is 0 Å². The number of rotatable bonds is 2. The molecule has 3 atom stereocenters. The first kappa shape index (κ1) is 10.8. The molecular formula is C11H17N3O3. The van der Waals surface area contributed by atoms with Gasteiger partial charge in [-0.25, -0.2) is 4.79 Å². The second kappa shape index (κ2) is 3.60. The second-order valence-electron chi connectivity index (χ2n) is 5.15. The van der Waals surface area contributed by atoms with Crippen LogP contribution >= 0.6 is 0 Å². The van der Waals surface area contributed by atoms with Crippen molar-refractivity contribution in [3.8, 4) is 0 Å². The zero-order chi connectivity index (χ0) is 12.2. The smallest absolute Gasteiger partial charge is 0.320 e. The molecule has 0 aliphatic carbocycles. The van der Waals surface area contributed by atoms with Crippen LogP contribution in [0.2, 0.25) is 0 Å². The zero-order valence-corrected chi connectivity index (χ0v) is 9.87. The van der Waals surface area contributed by atoms with Crippen molar-refractivity contribution in [1.82, 2.24) is 14.7 Å². The Morgan fingerprint density at radius 3 is 2.82 bits per heavy atom. The van der Waals surface area contributed by atoms with Gasteiger partial charge in [-0.05, 0) is 6.42 Å². The first-order valence-electron chi connectivity index (χ1n) is 6.06. The normalized spacial score (nSPS) is 35.9. The molecule has 3 amide bonds. The number of fused-ring (bicyclic) bond motifs is 4. The van der Waals surface area contributed by atoms with Gasteiger partial charge in [0.25, 0.3) is 0 Å². The molecule has 3 aliphatic heterocycles. The number of aliphatic hydroxyl groups is 1. The van der Waals surface area contributed by atoms with Crippen LogP contribution in [-0.4, -0.2) is 77.1 Å². The lowest BCUT2D eigenvalue weighted by molar-refractivity contribution is -0.132. The van der Waals surface area contributed by atoms with Gasteiger partial charge in [0.2, 0.25) is 5.91 Å². The highest BCUT2D eigenvalue weighted by molar-refractivity contribution is 5.90. The number of amides is 3. The molecule has 0 radical (unpaired) electrons. The number of piperidine rings is 1. The molecule has 3 rings (SSSR count). The molecule has 3 heterocycles. The Balaban J connectivity index is 1.85. The maximum Gasteiger partial charge on any atom is 0.320 e. The summed E-state index contributed by atoms with van der Waals surface area (Å²) in [6.07, 6.45) is 0.900. The lowest BCUT2D eigenvalue weighted by Crippen LogP contribution is -2.48. The van der Waals surface area contributed by atoms with Crippen molar-refractivity contribution < 1.29 is 14.7 Å². The number of β-amino-alcohol motifs (C(OH)–C–C–N with tert-alkyl or cyclic N) is 1. The molecule has 0 spiro atoms. The van der Waals surface area contributed by atoms with Crippen LogP contribution in [0.25, 0.3) is 0 Å².